The van der Waals surface area contributed by atoms with Crippen molar-refractivity contribution in [2.75, 3.05) is 11.9 Å². The van der Waals surface area contributed by atoms with E-state index in [-0.39, 0.29) is 29.3 Å². The van der Waals surface area contributed by atoms with Gasteiger partial charge in [-0.2, -0.15) is 18.3 Å². The lowest BCUT2D eigenvalue weighted by atomic mass is 10.1. The zero-order valence-corrected chi connectivity index (χ0v) is 12.9. The van der Waals surface area contributed by atoms with E-state index in [1.54, 1.807) is 0 Å². The molecule has 0 fully saturated rings. The highest BCUT2D eigenvalue weighted by Gasteiger charge is 2.39. The molecule has 24 heavy (non-hydrogen) atoms. The van der Waals surface area contributed by atoms with Crippen molar-refractivity contribution in [3.8, 4) is 17.0 Å². The fourth-order valence-corrected chi connectivity index (χ4v) is 2.81. The van der Waals surface area contributed by atoms with Crippen molar-refractivity contribution in [3.63, 3.8) is 0 Å². The first kappa shape index (κ1) is 16.6. The Kier molecular flexibility index (Phi) is 3.90. The number of aromatic nitrogens is 2. The fraction of sp³-hybridized carbons (Fsp3) is 0.286. The number of fused-ring (bicyclic) bond motifs is 1. The number of hydrogen-bond donors (Lipinski definition) is 1. The molecule has 128 valence electrons. The standard InChI is InChI=1S/C14H10ClF4N3O2/c1-22-13(14(17,18)19)11(15)12(21-22)7-2-10-9(3-8(7)16)20-6(4-23)5-24-10/h2-4,6,20H,5H2,1H3. The molecule has 1 aromatic carbocycles. The Bertz CT molecular complexity index is 819. The first-order chi connectivity index (χ1) is 11.2. The van der Waals surface area contributed by atoms with Gasteiger partial charge < -0.3 is 14.8 Å². The van der Waals surface area contributed by atoms with Crippen molar-refractivity contribution in [1.82, 2.24) is 9.78 Å². The number of carbonyl (C=O) groups is 1. The van der Waals surface area contributed by atoms with Gasteiger partial charge >= 0.3 is 6.18 Å². The quantitative estimate of drug-likeness (QED) is 0.657. The summed E-state index contributed by atoms with van der Waals surface area (Å²) in [6.07, 6.45) is -4.11. The summed E-state index contributed by atoms with van der Waals surface area (Å²) in [4.78, 5) is 10.7. The van der Waals surface area contributed by atoms with E-state index in [1.807, 2.05) is 0 Å². The van der Waals surface area contributed by atoms with Crippen molar-refractivity contribution < 1.29 is 27.1 Å². The number of ether oxygens (including phenoxy) is 1. The Morgan fingerprint density at radius 1 is 1.46 bits per heavy atom. The third kappa shape index (κ3) is 2.68. The minimum absolute atomic E-state index is 0.0192. The highest BCUT2D eigenvalue weighted by atomic mass is 35.5. The number of aryl methyl sites for hydroxylation is 1. The number of halogens is 5. The SMILES string of the molecule is Cn1nc(-c2cc3c(cc2F)NC(C=O)CO3)c(Cl)c1C(F)(F)F. The molecular formula is C14H10ClF4N3O2. The summed E-state index contributed by atoms with van der Waals surface area (Å²) >= 11 is 5.78. The van der Waals surface area contributed by atoms with E-state index in [9.17, 15) is 22.4 Å². The lowest BCUT2D eigenvalue weighted by molar-refractivity contribution is -0.143. The van der Waals surface area contributed by atoms with Crippen LogP contribution in [0.15, 0.2) is 12.1 Å². The lowest BCUT2D eigenvalue weighted by Crippen LogP contribution is -2.32. The molecule has 1 N–H and O–H groups in total. The van der Waals surface area contributed by atoms with Gasteiger partial charge in [-0.15, -0.1) is 0 Å². The Balaban J connectivity index is 2.10. The molecule has 1 atom stereocenters. The topological polar surface area (TPSA) is 56.2 Å². The number of carbonyl (C=O) groups excluding carboxylic acids is 1. The zero-order chi connectivity index (χ0) is 17.6. The Morgan fingerprint density at radius 3 is 2.75 bits per heavy atom. The van der Waals surface area contributed by atoms with Crippen molar-refractivity contribution in [2.24, 2.45) is 7.05 Å². The molecule has 1 unspecified atom stereocenters. The molecular weight excluding hydrogens is 354 g/mol. The molecule has 2 heterocycles. The largest absolute Gasteiger partial charge is 0.489 e. The molecule has 1 aliphatic heterocycles. The van der Waals surface area contributed by atoms with Crippen LogP contribution in [-0.2, 0) is 18.0 Å². The predicted octanol–water partition coefficient (Wildman–Crippen LogP) is 3.27. The molecule has 0 bridgehead atoms. The third-order valence-electron chi connectivity index (χ3n) is 3.51. The van der Waals surface area contributed by atoms with Gasteiger partial charge in [-0.25, -0.2) is 4.39 Å². The minimum Gasteiger partial charge on any atom is -0.489 e. The van der Waals surface area contributed by atoms with Crippen LogP contribution in [0.3, 0.4) is 0 Å². The van der Waals surface area contributed by atoms with Crippen molar-refractivity contribution >= 4 is 23.6 Å². The van der Waals surface area contributed by atoms with Crippen LogP contribution in [0, 0.1) is 5.82 Å². The Morgan fingerprint density at radius 2 is 2.17 bits per heavy atom. The Hall–Kier alpha value is -2.29. The van der Waals surface area contributed by atoms with Gasteiger partial charge in [0, 0.05) is 18.7 Å². The van der Waals surface area contributed by atoms with Crippen LogP contribution < -0.4 is 10.1 Å². The van der Waals surface area contributed by atoms with Crippen LogP contribution in [0.25, 0.3) is 11.3 Å². The summed E-state index contributed by atoms with van der Waals surface area (Å²) in [6.45, 7) is 0.0192. The summed E-state index contributed by atoms with van der Waals surface area (Å²) < 4.78 is 59.2. The molecule has 2 aromatic rings. The molecule has 0 aliphatic carbocycles. The molecule has 3 rings (SSSR count). The third-order valence-corrected chi connectivity index (χ3v) is 3.86. The number of benzene rings is 1. The van der Waals surface area contributed by atoms with Crippen molar-refractivity contribution in [2.45, 2.75) is 12.2 Å². The predicted molar refractivity (Wildman–Crippen MR) is 77.6 cm³/mol. The van der Waals surface area contributed by atoms with Crippen molar-refractivity contribution in [3.05, 3.63) is 28.7 Å². The molecule has 0 spiro atoms. The lowest BCUT2D eigenvalue weighted by Gasteiger charge is -2.24. The number of nitrogens with one attached hydrogen (secondary N) is 1. The van der Waals surface area contributed by atoms with Crippen LogP contribution in [0.4, 0.5) is 23.2 Å². The average Bonchev–Trinajstić information content (AvgIpc) is 2.80. The van der Waals surface area contributed by atoms with Gasteiger partial charge in [-0.3, -0.25) is 4.68 Å². The number of anilines is 1. The first-order valence-electron chi connectivity index (χ1n) is 6.70. The van der Waals surface area contributed by atoms with Gasteiger partial charge in [0.25, 0.3) is 0 Å². The summed E-state index contributed by atoms with van der Waals surface area (Å²) in [6, 6.07) is 1.60. The Labute approximate surface area is 138 Å². The highest BCUT2D eigenvalue weighted by Crippen LogP contribution is 2.42. The van der Waals surface area contributed by atoms with Crippen LogP contribution in [-0.4, -0.2) is 28.7 Å². The van der Waals surface area contributed by atoms with E-state index in [2.05, 4.69) is 10.4 Å². The summed E-state index contributed by atoms with van der Waals surface area (Å²) in [5, 5.41) is 5.73. The normalized spacial score (nSPS) is 17.0. The van der Waals surface area contributed by atoms with Gasteiger partial charge in [0.15, 0.2) is 5.69 Å². The van der Waals surface area contributed by atoms with Crippen LogP contribution in [0.5, 0.6) is 5.75 Å². The molecule has 10 heteroatoms. The fourth-order valence-electron chi connectivity index (χ4n) is 2.44. The van der Waals surface area contributed by atoms with Crippen LogP contribution in [0.2, 0.25) is 5.02 Å². The average molecular weight is 364 g/mol. The van der Waals surface area contributed by atoms with Gasteiger partial charge in [0.05, 0.1) is 10.7 Å². The highest BCUT2D eigenvalue weighted by molar-refractivity contribution is 6.33. The molecule has 0 saturated heterocycles. The number of aldehydes is 1. The van der Waals surface area contributed by atoms with E-state index in [4.69, 9.17) is 16.3 Å². The number of alkyl halides is 3. The summed E-state index contributed by atoms with van der Waals surface area (Å²) in [5.74, 6) is -0.648. The maximum Gasteiger partial charge on any atom is 0.434 e. The first-order valence-corrected chi connectivity index (χ1v) is 7.08. The minimum atomic E-state index is -4.73. The molecule has 1 aliphatic rings. The van der Waals surface area contributed by atoms with E-state index in [1.165, 1.54) is 6.07 Å². The molecule has 0 amide bonds. The molecule has 1 aromatic heterocycles. The summed E-state index contributed by atoms with van der Waals surface area (Å²) in [7, 11) is 1.07. The summed E-state index contributed by atoms with van der Waals surface area (Å²) in [5.41, 5.74) is -1.51. The number of hydrogen-bond acceptors (Lipinski definition) is 4. The molecule has 5 nitrogen and oxygen atoms in total. The maximum absolute atomic E-state index is 14.3. The van der Waals surface area contributed by atoms with E-state index < -0.39 is 28.8 Å². The van der Waals surface area contributed by atoms with Crippen molar-refractivity contribution in [1.29, 1.82) is 0 Å². The smallest absolute Gasteiger partial charge is 0.434 e. The second kappa shape index (κ2) is 5.66. The van der Waals surface area contributed by atoms with Gasteiger partial charge in [0.2, 0.25) is 0 Å². The zero-order valence-electron chi connectivity index (χ0n) is 12.1. The molecule has 0 radical (unpaired) electrons. The second-order valence-corrected chi connectivity index (χ2v) is 5.54. The number of rotatable bonds is 2. The van der Waals surface area contributed by atoms with Gasteiger partial charge in [0.1, 0.15) is 36.2 Å². The second-order valence-electron chi connectivity index (χ2n) is 5.16. The number of nitrogens with zero attached hydrogens (tertiary/aromatic N) is 2. The van der Waals surface area contributed by atoms with E-state index in [0.717, 1.165) is 13.1 Å². The van der Waals surface area contributed by atoms with E-state index in [0.29, 0.717) is 11.0 Å². The van der Waals surface area contributed by atoms with Crippen LogP contribution >= 0.6 is 11.6 Å². The van der Waals surface area contributed by atoms with Crippen LogP contribution in [0.1, 0.15) is 5.69 Å². The van der Waals surface area contributed by atoms with E-state index >= 15 is 0 Å². The maximum atomic E-state index is 14.3. The van der Waals surface area contributed by atoms with Gasteiger partial charge in [-0.1, -0.05) is 11.6 Å². The monoisotopic (exact) mass is 363 g/mol. The molecule has 0 saturated carbocycles. The van der Waals surface area contributed by atoms with Gasteiger partial charge in [-0.05, 0) is 6.07 Å².